The second-order valence-electron chi connectivity index (χ2n) is 5.48. The average molecular weight is 242 g/mol. The van der Waals surface area contributed by atoms with E-state index in [1.165, 1.54) is 12.8 Å². The van der Waals surface area contributed by atoms with Crippen molar-refractivity contribution in [3.05, 3.63) is 0 Å². The Morgan fingerprint density at radius 3 is 2.41 bits per heavy atom. The summed E-state index contributed by atoms with van der Waals surface area (Å²) in [6, 6.07) is 0.423. The number of carbonyl (C=O) groups is 1. The van der Waals surface area contributed by atoms with Crippen LogP contribution in [0.5, 0.6) is 0 Å². The van der Waals surface area contributed by atoms with Crippen molar-refractivity contribution in [2.75, 3.05) is 26.2 Å². The maximum atomic E-state index is 10.9. The molecule has 17 heavy (non-hydrogen) atoms. The fourth-order valence-electron chi connectivity index (χ4n) is 2.32. The van der Waals surface area contributed by atoms with E-state index in [0.29, 0.717) is 12.6 Å². The Morgan fingerprint density at radius 2 is 1.94 bits per heavy atom. The average Bonchev–Trinajstić information content (AvgIpc) is 2.29. The molecular formula is C13H26N2O2. The van der Waals surface area contributed by atoms with Crippen LogP contribution in [0.4, 0.5) is 0 Å². The molecule has 1 saturated heterocycles. The van der Waals surface area contributed by atoms with Gasteiger partial charge in [-0.1, -0.05) is 6.92 Å². The molecule has 0 aliphatic carbocycles. The Hall–Kier alpha value is -0.610. The van der Waals surface area contributed by atoms with Crippen LogP contribution in [0.1, 0.15) is 33.6 Å². The fourth-order valence-corrected chi connectivity index (χ4v) is 2.32. The van der Waals surface area contributed by atoms with Gasteiger partial charge >= 0.3 is 5.97 Å². The second kappa shape index (κ2) is 6.97. The van der Waals surface area contributed by atoms with Crippen LogP contribution in [-0.4, -0.2) is 48.2 Å². The first-order valence-corrected chi connectivity index (χ1v) is 6.68. The van der Waals surface area contributed by atoms with Gasteiger partial charge in [-0.15, -0.1) is 0 Å². The smallest absolute Gasteiger partial charge is 0.307 e. The second-order valence-corrected chi connectivity index (χ2v) is 5.48. The first-order chi connectivity index (χ1) is 8.00. The Kier molecular flexibility index (Phi) is 5.92. The van der Waals surface area contributed by atoms with Gasteiger partial charge in [0.2, 0.25) is 0 Å². The van der Waals surface area contributed by atoms with Crippen LogP contribution in [0.3, 0.4) is 0 Å². The monoisotopic (exact) mass is 242 g/mol. The summed E-state index contributed by atoms with van der Waals surface area (Å²) in [5, 5.41) is 12.3. The van der Waals surface area contributed by atoms with E-state index in [0.717, 1.165) is 25.6 Å². The highest BCUT2D eigenvalue weighted by Crippen LogP contribution is 2.16. The maximum absolute atomic E-state index is 10.9. The van der Waals surface area contributed by atoms with Crippen molar-refractivity contribution < 1.29 is 9.90 Å². The van der Waals surface area contributed by atoms with Gasteiger partial charge in [0.1, 0.15) is 0 Å². The van der Waals surface area contributed by atoms with E-state index in [1.807, 2.05) is 0 Å². The molecule has 0 amide bonds. The van der Waals surface area contributed by atoms with Gasteiger partial charge in [0.25, 0.3) is 0 Å². The highest BCUT2D eigenvalue weighted by molar-refractivity contribution is 5.69. The van der Waals surface area contributed by atoms with Gasteiger partial charge in [0, 0.05) is 19.1 Å². The minimum Gasteiger partial charge on any atom is -0.481 e. The van der Waals surface area contributed by atoms with Crippen LogP contribution in [0, 0.1) is 11.8 Å². The number of rotatable bonds is 6. The van der Waals surface area contributed by atoms with Gasteiger partial charge in [-0.2, -0.15) is 0 Å². The van der Waals surface area contributed by atoms with E-state index in [4.69, 9.17) is 5.11 Å². The van der Waals surface area contributed by atoms with Crippen molar-refractivity contribution in [3.63, 3.8) is 0 Å². The summed E-state index contributed by atoms with van der Waals surface area (Å²) in [5.74, 6) is -0.250. The molecule has 2 N–H and O–H groups in total. The Balaban J connectivity index is 2.44. The summed E-state index contributed by atoms with van der Waals surface area (Å²) in [4.78, 5) is 13.2. The summed E-state index contributed by atoms with van der Waals surface area (Å²) < 4.78 is 0. The molecule has 100 valence electrons. The zero-order valence-corrected chi connectivity index (χ0v) is 11.3. The molecule has 0 spiro atoms. The number of piperidine rings is 1. The Labute approximate surface area is 104 Å². The third-order valence-electron chi connectivity index (χ3n) is 3.61. The van der Waals surface area contributed by atoms with Crippen molar-refractivity contribution in [1.29, 1.82) is 0 Å². The normalized spacial score (nSPS) is 19.8. The fraction of sp³-hybridized carbons (Fsp3) is 0.923. The Morgan fingerprint density at radius 1 is 1.35 bits per heavy atom. The largest absolute Gasteiger partial charge is 0.481 e. The molecule has 0 aromatic carbocycles. The summed E-state index contributed by atoms with van der Waals surface area (Å²) in [5.41, 5.74) is 0. The lowest BCUT2D eigenvalue weighted by Gasteiger charge is -2.33. The number of hydrogen-bond acceptors (Lipinski definition) is 3. The molecule has 1 heterocycles. The SMILES string of the molecule is CC(CN(CC1CCNCC1)C(C)C)C(=O)O. The molecule has 0 bridgehead atoms. The van der Waals surface area contributed by atoms with Crippen molar-refractivity contribution in [2.24, 2.45) is 11.8 Å². The number of carboxylic acid groups (broad SMARTS) is 1. The van der Waals surface area contributed by atoms with Gasteiger partial charge in [-0.3, -0.25) is 9.69 Å². The minimum absolute atomic E-state index is 0.279. The van der Waals surface area contributed by atoms with Crippen molar-refractivity contribution in [3.8, 4) is 0 Å². The van der Waals surface area contributed by atoms with Crippen LogP contribution in [0.25, 0.3) is 0 Å². The molecule has 0 saturated carbocycles. The molecule has 4 heteroatoms. The van der Waals surface area contributed by atoms with Crippen LogP contribution in [-0.2, 0) is 4.79 Å². The molecule has 1 aliphatic heterocycles. The lowest BCUT2D eigenvalue weighted by Crippen LogP contribution is -2.42. The van der Waals surface area contributed by atoms with Crippen LogP contribution in [0.15, 0.2) is 0 Å². The summed E-state index contributed by atoms with van der Waals surface area (Å²) in [6.07, 6.45) is 2.43. The van der Waals surface area contributed by atoms with E-state index in [2.05, 4.69) is 24.1 Å². The van der Waals surface area contributed by atoms with Gasteiger partial charge in [0.05, 0.1) is 5.92 Å². The number of aliphatic carboxylic acids is 1. The third-order valence-corrected chi connectivity index (χ3v) is 3.61. The molecule has 0 radical (unpaired) electrons. The number of nitrogens with one attached hydrogen (secondary N) is 1. The van der Waals surface area contributed by atoms with E-state index in [-0.39, 0.29) is 5.92 Å². The zero-order valence-electron chi connectivity index (χ0n) is 11.3. The number of hydrogen-bond donors (Lipinski definition) is 2. The zero-order chi connectivity index (χ0) is 12.8. The standard InChI is InChI=1S/C13H26N2O2/c1-10(2)15(8-11(3)13(16)17)9-12-4-6-14-7-5-12/h10-12,14H,4-9H2,1-3H3,(H,16,17). The lowest BCUT2D eigenvalue weighted by molar-refractivity contribution is -0.142. The molecule has 1 fully saturated rings. The molecule has 0 aromatic rings. The molecular weight excluding hydrogens is 216 g/mol. The van der Waals surface area contributed by atoms with Crippen molar-refractivity contribution in [2.45, 2.75) is 39.7 Å². The highest BCUT2D eigenvalue weighted by Gasteiger charge is 2.22. The summed E-state index contributed by atoms with van der Waals surface area (Å²) in [6.45, 7) is 10.00. The number of nitrogens with zero attached hydrogens (tertiary/aromatic N) is 1. The van der Waals surface area contributed by atoms with Crippen molar-refractivity contribution in [1.82, 2.24) is 10.2 Å². The summed E-state index contributed by atoms with van der Waals surface area (Å²) in [7, 11) is 0. The molecule has 1 aliphatic rings. The highest BCUT2D eigenvalue weighted by atomic mass is 16.4. The van der Waals surface area contributed by atoms with Gasteiger partial charge in [-0.25, -0.2) is 0 Å². The molecule has 1 unspecified atom stereocenters. The van der Waals surface area contributed by atoms with Crippen LogP contribution < -0.4 is 5.32 Å². The topological polar surface area (TPSA) is 52.6 Å². The molecule has 4 nitrogen and oxygen atoms in total. The van der Waals surface area contributed by atoms with E-state index in [1.54, 1.807) is 6.92 Å². The van der Waals surface area contributed by atoms with Crippen LogP contribution >= 0.6 is 0 Å². The van der Waals surface area contributed by atoms with Crippen LogP contribution in [0.2, 0.25) is 0 Å². The molecule has 1 rings (SSSR count). The molecule has 1 atom stereocenters. The van der Waals surface area contributed by atoms with Gasteiger partial charge < -0.3 is 10.4 Å². The number of carboxylic acids is 1. The Bertz CT molecular complexity index is 238. The van der Waals surface area contributed by atoms with Gasteiger partial charge in [-0.05, 0) is 45.7 Å². The first kappa shape index (κ1) is 14.5. The van der Waals surface area contributed by atoms with Gasteiger partial charge in [0.15, 0.2) is 0 Å². The van der Waals surface area contributed by atoms with E-state index >= 15 is 0 Å². The van der Waals surface area contributed by atoms with E-state index in [9.17, 15) is 4.79 Å². The maximum Gasteiger partial charge on any atom is 0.307 e. The van der Waals surface area contributed by atoms with Crippen molar-refractivity contribution >= 4 is 5.97 Å². The first-order valence-electron chi connectivity index (χ1n) is 6.68. The quantitative estimate of drug-likeness (QED) is 0.739. The molecule has 0 aromatic heterocycles. The van der Waals surface area contributed by atoms with E-state index < -0.39 is 5.97 Å². The predicted octanol–water partition coefficient (Wildman–Crippen LogP) is 1.42. The lowest BCUT2D eigenvalue weighted by atomic mass is 9.96. The predicted molar refractivity (Wildman–Crippen MR) is 69.1 cm³/mol. The summed E-state index contributed by atoms with van der Waals surface area (Å²) >= 11 is 0. The minimum atomic E-state index is -0.694. The third kappa shape index (κ3) is 5.04.